The number of piperazine rings is 1. The van der Waals surface area contributed by atoms with Crippen molar-refractivity contribution in [2.45, 2.75) is 33.5 Å². The van der Waals surface area contributed by atoms with Crippen LogP contribution >= 0.6 is 11.6 Å². The second-order valence-corrected chi connectivity index (χ2v) is 11.5. The maximum absolute atomic E-state index is 13.5. The van der Waals surface area contributed by atoms with Gasteiger partial charge in [-0.25, -0.2) is 14.8 Å². The van der Waals surface area contributed by atoms with Crippen LogP contribution in [0.3, 0.4) is 0 Å². The number of anilines is 2. The van der Waals surface area contributed by atoms with E-state index in [-0.39, 0.29) is 11.5 Å². The van der Waals surface area contributed by atoms with Crippen molar-refractivity contribution in [3.8, 4) is 0 Å². The molecule has 2 N–H and O–H groups in total. The van der Waals surface area contributed by atoms with Crippen molar-refractivity contribution >= 4 is 45.9 Å². The minimum absolute atomic E-state index is 0.00966. The predicted octanol–water partition coefficient (Wildman–Crippen LogP) is 5.66. The number of carbonyl (C=O) groups excluding carboxylic acids is 1. The Kier molecular flexibility index (Phi) is 8.36. The zero-order valence-electron chi connectivity index (χ0n) is 24.7. The van der Waals surface area contributed by atoms with E-state index >= 15 is 0 Å². The topological polar surface area (TPSA) is 109 Å². The predicted molar refractivity (Wildman–Crippen MR) is 171 cm³/mol. The first kappa shape index (κ1) is 29.4. The second-order valence-electron chi connectivity index (χ2n) is 11.1. The molecule has 1 amide bonds. The number of rotatable bonds is 9. The number of carboxylic acids is 1. The fourth-order valence-electron chi connectivity index (χ4n) is 5.63. The number of fused-ring (bicyclic) bond motifs is 1. The van der Waals surface area contributed by atoms with E-state index in [9.17, 15) is 14.7 Å². The number of aromatic carboxylic acids is 1. The fourth-order valence-corrected chi connectivity index (χ4v) is 5.91. The van der Waals surface area contributed by atoms with Gasteiger partial charge in [0.15, 0.2) is 0 Å². The Morgan fingerprint density at radius 1 is 0.977 bits per heavy atom. The largest absolute Gasteiger partial charge is 0.478 e. The highest BCUT2D eigenvalue weighted by molar-refractivity contribution is 6.33. The molecule has 0 unspecified atom stereocenters. The van der Waals surface area contributed by atoms with E-state index in [0.29, 0.717) is 49.9 Å². The van der Waals surface area contributed by atoms with Gasteiger partial charge in [-0.15, -0.1) is 0 Å². The maximum atomic E-state index is 13.5. The van der Waals surface area contributed by atoms with Crippen molar-refractivity contribution in [2.75, 3.05) is 31.5 Å². The molecule has 0 spiro atoms. The molecule has 2 aromatic heterocycles. The van der Waals surface area contributed by atoms with Gasteiger partial charge in [-0.3, -0.25) is 9.69 Å². The van der Waals surface area contributed by atoms with E-state index in [0.717, 1.165) is 46.0 Å². The molecule has 1 fully saturated rings. The lowest BCUT2D eigenvalue weighted by atomic mass is 10.1. The quantitative estimate of drug-likeness (QED) is 0.221. The van der Waals surface area contributed by atoms with E-state index in [1.165, 1.54) is 0 Å². The van der Waals surface area contributed by atoms with Crippen LogP contribution in [0, 0.1) is 6.92 Å². The van der Waals surface area contributed by atoms with Crippen LogP contribution in [0.25, 0.3) is 11.0 Å². The van der Waals surface area contributed by atoms with Gasteiger partial charge in [0.1, 0.15) is 5.82 Å². The van der Waals surface area contributed by atoms with Crippen LogP contribution < -0.4 is 5.32 Å². The van der Waals surface area contributed by atoms with Gasteiger partial charge in [0.05, 0.1) is 52.4 Å². The number of hydrogen-bond acceptors (Lipinski definition) is 6. The van der Waals surface area contributed by atoms with Crippen molar-refractivity contribution in [3.63, 3.8) is 0 Å². The molecule has 1 aliphatic rings. The van der Waals surface area contributed by atoms with Crippen LogP contribution in [-0.2, 0) is 19.6 Å². The van der Waals surface area contributed by atoms with E-state index < -0.39 is 5.97 Å². The van der Waals surface area contributed by atoms with Gasteiger partial charge in [0, 0.05) is 50.2 Å². The third kappa shape index (κ3) is 6.17. The van der Waals surface area contributed by atoms with Crippen molar-refractivity contribution in [2.24, 2.45) is 0 Å². The number of carboxylic acid groups (broad SMARTS) is 1. The second kappa shape index (κ2) is 12.5. The summed E-state index contributed by atoms with van der Waals surface area (Å²) in [6.07, 6.45) is 3.64. The number of hydrogen-bond donors (Lipinski definition) is 2. The van der Waals surface area contributed by atoms with Crippen molar-refractivity contribution < 1.29 is 14.7 Å². The zero-order chi connectivity index (χ0) is 30.8. The number of aromatic nitrogens is 4. The van der Waals surface area contributed by atoms with E-state index in [1.807, 2.05) is 60.5 Å². The first-order valence-corrected chi connectivity index (χ1v) is 15.0. The highest BCUT2D eigenvalue weighted by Gasteiger charge is 2.24. The van der Waals surface area contributed by atoms with Crippen LogP contribution in [0.1, 0.15) is 44.7 Å². The molecule has 6 rings (SSSR count). The number of halogens is 1. The Bertz CT molecular complexity index is 1840. The summed E-state index contributed by atoms with van der Waals surface area (Å²) in [4.78, 5) is 38.6. The van der Waals surface area contributed by atoms with Crippen LogP contribution in [0.5, 0.6) is 0 Å². The number of amides is 1. The summed E-state index contributed by atoms with van der Waals surface area (Å²) in [6, 6.07) is 18.4. The van der Waals surface area contributed by atoms with Crippen LogP contribution in [0.4, 0.5) is 11.4 Å². The van der Waals surface area contributed by atoms with Gasteiger partial charge >= 0.3 is 5.97 Å². The van der Waals surface area contributed by atoms with E-state index in [1.54, 1.807) is 24.5 Å². The highest BCUT2D eigenvalue weighted by atomic mass is 35.5. The van der Waals surface area contributed by atoms with Crippen LogP contribution in [0.15, 0.2) is 73.2 Å². The van der Waals surface area contributed by atoms with Crippen molar-refractivity contribution in [3.05, 3.63) is 106 Å². The number of nitrogens with one attached hydrogen (secondary N) is 1. The van der Waals surface area contributed by atoms with Gasteiger partial charge in [-0.1, -0.05) is 23.7 Å². The molecule has 0 atom stereocenters. The number of imidazole rings is 2. The molecule has 1 saturated heterocycles. The molecule has 44 heavy (non-hydrogen) atoms. The number of benzene rings is 3. The molecule has 0 bridgehead atoms. The summed E-state index contributed by atoms with van der Waals surface area (Å²) >= 11 is 6.40. The van der Waals surface area contributed by atoms with Gasteiger partial charge < -0.3 is 24.5 Å². The van der Waals surface area contributed by atoms with Gasteiger partial charge in [-0.05, 0) is 67.9 Å². The molecular formula is C33H34ClN7O3. The number of aryl methyl sites for hydroxylation is 2. The lowest BCUT2D eigenvalue weighted by Gasteiger charge is -2.34. The average molecular weight is 612 g/mol. The third-order valence-electron chi connectivity index (χ3n) is 8.07. The minimum Gasteiger partial charge on any atom is -0.478 e. The molecule has 226 valence electrons. The molecule has 0 radical (unpaired) electrons. The molecule has 5 aromatic rings. The SMILES string of the molecule is CCn1cncc1Cn1c(CN2CCN(C(=O)c3cccc(Nc4ccc(C)cc4Cl)c3)CC2)nc2ccc(C(=O)O)cc21. The molecule has 0 saturated carbocycles. The molecule has 10 nitrogen and oxygen atoms in total. The Morgan fingerprint density at radius 3 is 2.55 bits per heavy atom. The first-order valence-electron chi connectivity index (χ1n) is 14.7. The molecule has 1 aliphatic heterocycles. The average Bonchev–Trinajstić information content (AvgIpc) is 3.62. The maximum Gasteiger partial charge on any atom is 0.335 e. The molecular weight excluding hydrogens is 578 g/mol. The summed E-state index contributed by atoms with van der Waals surface area (Å²) in [6.45, 7) is 8.51. The van der Waals surface area contributed by atoms with Crippen molar-refractivity contribution in [1.29, 1.82) is 0 Å². The fraction of sp³-hybridized carbons (Fsp3) is 0.273. The van der Waals surface area contributed by atoms with Gasteiger partial charge in [0.25, 0.3) is 5.91 Å². The number of nitrogens with zero attached hydrogens (tertiary/aromatic N) is 6. The summed E-state index contributed by atoms with van der Waals surface area (Å²) in [5.41, 5.74) is 6.06. The lowest BCUT2D eigenvalue weighted by molar-refractivity contribution is 0.0623. The Hall–Kier alpha value is -4.67. The standard InChI is InChI=1S/C33H34ClN7O3/c1-3-39-21-35-18-26(39)19-41-30-17-24(33(43)44)8-10-29(30)37-31(41)20-38-11-13-40(14-12-38)32(42)23-5-4-6-25(16-23)36-28-9-7-22(2)15-27(28)34/h4-10,15-18,21,36H,3,11-14,19-20H2,1-2H3,(H,43,44). The van der Waals surface area contributed by atoms with Crippen LogP contribution in [0.2, 0.25) is 5.02 Å². The van der Waals surface area contributed by atoms with Crippen molar-refractivity contribution in [1.82, 2.24) is 28.9 Å². The summed E-state index contributed by atoms with van der Waals surface area (Å²) < 4.78 is 4.15. The lowest BCUT2D eigenvalue weighted by Crippen LogP contribution is -2.48. The zero-order valence-corrected chi connectivity index (χ0v) is 25.5. The normalized spacial score (nSPS) is 13.8. The Labute approximate surface area is 260 Å². The van der Waals surface area contributed by atoms with E-state index in [4.69, 9.17) is 16.6 Å². The Morgan fingerprint density at radius 2 is 1.80 bits per heavy atom. The number of carbonyl (C=O) groups is 2. The Balaban J connectivity index is 1.16. The first-order chi connectivity index (χ1) is 21.3. The molecule has 3 aromatic carbocycles. The summed E-state index contributed by atoms with van der Waals surface area (Å²) in [5.74, 6) is -0.134. The van der Waals surface area contributed by atoms with Crippen LogP contribution in [-0.4, -0.2) is 72.1 Å². The summed E-state index contributed by atoms with van der Waals surface area (Å²) in [5, 5.41) is 13.6. The molecule has 3 heterocycles. The smallest absolute Gasteiger partial charge is 0.335 e. The van der Waals surface area contributed by atoms with E-state index in [2.05, 4.69) is 31.3 Å². The molecule has 11 heteroatoms. The summed E-state index contributed by atoms with van der Waals surface area (Å²) in [7, 11) is 0. The minimum atomic E-state index is -0.971. The molecule has 0 aliphatic carbocycles. The van der Waals surface area contributed by atoms with Gasteiger partial charge in [-0.2, -0.15) is 0 Å². The highest BCUT2D eigenvalue weighted by Crippen LogP contribution is 2.27. The monoisotopic (exact) mass is 611 g/mol. The van der Waals surface area contributed by atoms with Gasteiger partial charge in [0.2, 0.25) is 0 Å². The third-order valence-corrected chi connectivity index (χ3v) is 8.38.